The van der Waals surface area contributed by atoms with Crippen molar-refractivity contribution < 1.29 is 14.7 Å². The van der Waals surface area contributed by atoms with Gasteiger partial charge in [-0.25, -0.2) is 4.79 Å². The van der Waals surface area contributed by atoms with E-state index < -0.39 is 11.5 Å². The summed E-state index contributed by atoms with van der Waals surface area (Å²) in [6.45, 7) is 6.04. The van der Waals surface area contributed by atoms with Crippen LogP contribution in [-0.2, 0) is 4.79 Å². The molecule has 5 heteroatoms. The van der Waals surface area contributed by atoms with E-state index in [9.17, 15) is 9.59 Å². The molecule has 116 valence electrons. The number of aliphatic carboxylic acids is 1. The van der Waals surface area contributed by atoms with Crippen molar-refractivity contribution in [1.29, 1.82) is 0 Å². The predicted molar refractivity (Wildman–Crippen MR) is 82.3 cm³/mol. The summed E-state index contributed by atoms with van der Waals surface area (Å²) >= 11 is 0. The minimum Gasteiger partial charge on any atom is -0.481 e. The molecule has 0 aromatic heterocycles. The van der Waals surface area contributed by atoms with Gasteiger partial charge >= 0.3 is 12.0 Å². The lowest BCUT2D eigenvalue weighted by molar-refractivity contribution is -0.138. The summed E-state index contributed by atoms with van der Waals surface area (Å²) in [6, 6.07) is 9.79. The van der Waals surface area contributed by atoms with Crippen LogP contribution < -0.4 is 10.6 Å². The van der Waals surface area contributed by atoms with Crippen molar-refractivity contribution >= 4 is 12.0 Å². The van der Waals surface area contributed by atoms with Crippen LogP contribution in [0.4, 0.5) is 4.79 Å². The second-order valence-corrected chi connectivity index (χ2v) is 5.94. The smallest absolute Gasteiger partial charge is 0.315 e. The zero-order valence-electron chi connectivity index (χ0n) is 12.8. The lowest BCUT2D eigenvalue weighted by Gasteiger charge is -2.24. The highest BCUT2D eigenvalue weighted by Gasteiger charge is 2.23. The largest absolute Gasteiger partial charge is 0.481 e. The average Bonchev–Trinajstić information content (AvgIpc) is 2.37. The molecule has 0 aliphatic carbocycles. The van der Waals surface area contributed by atoms with Crippen LogP contribution >= 0.6 is 0 Å². The Morgan fingerprint density at radius 1 is 1.24 bits per heavy atom. The first-order valence-electron chi connectivity index (χ1n) is 7.13. The fraction of sp³-hybridized carbons (Fsp3) is 0.500. The van der Waals surface area contributed by atoms with Crippen molar-refractivity contribution in [3.05, 3.63) is 35.9 Å². The maximum absolute atomic E-state index is 11.7. The van der Waals surface area contributed by atoms with E-state index in [1.54, 1.807) is 13.8 Å². The molecule has 0 saturated carbocycles. The molecule has 2 amide bonds. The lowest BCUT2D eigenvalue weighted by atomic mass is 9.98. The second-order valence-electron chi connectivity index (χ2n) is 5.94. The number of rotatable bonds is 7. The highest BCUT2D eigenvalue weighted by Crippen LogP contribution is 2.17. The molecule has 0 aliphatic heterocycles. The highest BCUT2D eigenvalue weighted by atomic mass is 16.4. The van der Waals surface area contributed by atoms with E-state index in [-0.39, 0.29) is 12.5 Å². The summed E-state index contributed by atoms with van der Waals surface area (Å²) in [4.78, 5) is 22.4. The number of carboxylic acid groups (broad SMARTS) is 1. The molecule has 0 aliphatic rings. The number of carbonyl (C=O) groups excluding carboxylic acids is 1. The van der Waals surface area contributed by atoms with E-state index in [4.69, 9.17) is 5.11 Å². The van der Waals surface area contributed by atoms with Gasteiger partial charge in [0, 0.05) is 12.1 Å². The monoisotopic (exact) mass is 292 g/mol. The van der Waals surface area contributed by atoms with Gasteiger partial charge in [-0.1, -0.05) is 37.3 Å². The van der Waals surface area contributed by atoms with E-state index in [0.29, 0.717) is 12.5 Å². The van der Waals surface area contributed by atoms with Gasteiger partial charge in [0.15, 0.2) is 0 Å². The third kappa shape index (κ3) is 6.79. The standard InChI is InChI=1S/C16H24N2O3/c1-12(13-7-5-4-6-8-13)9-10-17-15(21)18-16(2,3)11-14(19)20/h4-8,12H,9-11H2,1-3H3,(H,19,20)(H2,17,18,21). The molecule has 1 rings (SSSR count). The Morgan fingerprint density at radius 2 is 1.86 bits per heavy atom. The minimum atomic E-state index is -0.932. The molecule has 0 radical (unpaired) electrons. The Morgan fingerprint density at radius 3 is 2.43 bits per heavy atom. The Bertz CT molecular complexity index is 472. The predicted octanol–water partition coefficient (Wildman–Crippen LogP) is 2.73. The Hall–Kier alpha value is -2.04. The van der Waals surface area contributed by atoms with Crippen LogP contribution in [0.3, 0.4) is 0 Å². The summed E-state index contributed by atoms with van der Waals surface area (Å²) < 4.78 is 0. The maximum Gasteiger partial charge on any atom is 0.315 e. The Kier molecular flexibility index (Phi) is 6.21. The number of urea groups is 1. The number of hydrogen-bond donors (Lipinski definition) is 3. The van der Waals surface area contributed by atoms with Crippen molar-refractivity contribution in [2.75, 3.05) is 6.54 Å². The van der Waals surface area contributed by atoms with E-state index in [0.717, 1.165) is 6.42 Å². The van der Waals surface area contributed by atoms with Gasteiger partial charge < -0.3 is 15.7 Å². The first-order valence-corrected chi connectivity index (χ1v) is 7.13. The summed E-state index contributed by atoms with van der Waals surface area (Å²) in [7, 11) is 0. The number of nitrogens with one attached hydrogen (secondary N) is 2. The van der Waals surface area contributed by atoms with Crippen molar-refractivity contribution in [2.45, 2.75) is 45.1 Å². The zero-order chi connectivity index (χ0) is 15.9. The van der Waals surface area contributed by atoms with Crippen LogP contribution in [0.5, 0.6) is 0 Å². The van der Waals surface area contributed by atoms with Crippen molar-refractivity contribution in [1.82, 2.24) is 10.6 Å². The van der Waals surface area contributed by atoms with Crippen molar-refractivity contribution in [2.24, 2.45) is 0 Å². The van der Waals surface area contributed by atoms with Crippen molar-refractivity contribution in [3.63, 3.8) is 0 Å². The van der Waals surface area contributed by atoms with E-state index >= 15 is 0 Å². The van der Waals surface area contributed by atoms with Crippen LogP contribution in [0.25, 0.3) is 0 Å². The molecule has 0 fully saturated rings. The lowest BCUT2D eigenvalue weighted by Crippen LogP contribution is -2.49. The molecule has 0 bridgehead atoms. The highest BCUT2D eigenvalue weighted by molar-refractivity contribution is 5.76. The second kappa shape index (κ2) is 7.67. The molecule has 3 N–H and O–H groups in total. The summed E-state index contributed by atoms with van der Waals surface area (Å²) in [5, 5.41) is 14.2. The molecule has 1 unspecified atom stereocenters. The molecule has 5 nitrogen and oxygen atoms in total. The van der Waals surface area contributed by atoms with Gasteiger partial charge in [0.25, 0.3) is 0 Å². The summed E-state index contributed by atoms with van der Waals surface area (Å²) in [6.07, 6.45) is 0.720. The van der Waals surface area contributed by atoms with Gasteiger partial charge in [-0.15, -0.1) is 0 Å². The van der Waals surface area contributed by atoms with Crippen LogP contribution in [-0.4, -0.2) is 29.2 Å². The van der Waals surface area contributed by atoms with Gasteiger partial charge in [-0.3, -0.25) is 4.79 Å². The van der Waals surface area contributed by atoms with Gasteiger partial charge in [0.2, 0.25) is 0 Å². The van der Waals surface area contributed by atoms with Crippen LogP contribution in [0, 0.1) is 0 Å². The molecule has 0 heterocycles. The molecule has 1 aromatic rings. The molecular formula is C16H24N2O3. The summed E-state index contributed by atoms with van der Waals surface area (Å²) in [5.41, 5.74) is 0.479. The van der Waals surface area contributed by atoms with Crippen LogP contribution in [0.15, 0.2) is 30.3 Å². The number of carboxylic acids is 1. The van der Waals surface area contributed by atoms with Gasteiger partial charge in [0.1, 0.15) is 0 Å². The zero-order valence-corrected chi connectivity index (χ0v) is 12.8. The molecule has 21 heavy (non-hydrogen) atoms. The first kappa shape index (κ1) is 17.0. The van der Waals surface area contributed by atoms with Gasteiger partial charge in [-0.05, 0) is 31.7 Å². The topological polar surface area (TPSA) is 78.4 Å². The normalized spacial score (nSPS) is 12.5. The Balaban J connectivity index is 2.32. The summed E-state index contributed by atoms with van der Waals surface area (Å²) in [5.74, 6) is -0.573. The SMILES string of the molecule is CC(CCNC(=O)NC(C)(C)CC(=O)O)c1ccccc1. The van der Waals surface area contributed by atoms with E-state index in [1.807, 2.05) is 18.2 Å². The third-order valence-corrected chi connectivity index (χ3v) is 3.28. The average molecular weight is 292 g/mol. The number of benzene rings is 1. The third-order valence-electron chi connectivity index (χ3n) is 3.28. The van der Waals surface area contributed by atoms with Gasteiger partial charge in [-0.2, -0.15) is 0 Å². The first-order chi connectivity index (χ1) is 9.80. The molecular weight excluding hydrogens is 268 g/mol. The fourth-order valence-corrected chi connectivity index (χ4v) is 2.12. The minimum absolute atomic E-state index is 0.110. The Labute approximate surface area is 125 Å². The van der Waals surface area contributed by atoms with Crippen molar-refractivity contribution in [3.8, 4) is 0 Å². The van der Waals surface area contributed by atoms with Gasteiger partial charge in [0.05, 0.1) is 6.42 Å². The molecule has 0 spiro atoms. The van der Waals surface area contributed by atoms with Crippen LogP contribution in [0.1, 0.15) is 45.1 Å². The molecule has 0 saturated heterocycles. The van der Waals surface area contributed by atoms with Crippen LogP contribution in [0.2, 0.25) is 0 Å². The number of carbonyl (C=O) groups is 2. The quantitative estimate of drug-likeness (QED) is 0.723. The molecule has 1 aromatic carbocycles. The number of hydrogen-bond acceptors (Lipinski definition) is 2. The molecule has 1 atom stereocenters. The fourth-order valence-electron chi connectivity index (χ4n) is 2.12. The maximum atomic E-state index is 11.7. The van der Waals surface area contributed by atoms with E-state index in [2.05, 4.69) is 29.7 Å². The number of amides is 2. The van der Waals surface area contributed by atoms with E-state index in [1.165, 1.54) is 5.56 Å².